The number of aryl methyl sites for hydroxylation is 1. The van der Waals surface area contributed by atoms with Gasteiger partial charge in [-0.25, -0.2) is 15.0 Å². The summed E-state index contributed by atoms with van der Waals surface area (Å²) in [6.45, 7) is 3.45. The Kier molecular flexibility index (Phi) is 6.40. The minimum absolute atomic E-state index is 0.341. The van der Waals surface area contributed by atoms with E-state index in [4.69, 9.17) is 37.4 Å². The monoisotopic (exact) mass is 449 g/mol. The van der Waals surface area contributed by atoms with Gasteiger partial charge in [0, 0.05) is 10.5 Å². The number of halogens is 2. The summed E-state index contributed by atoms with van der Waals surface area (Å²) in [4.78, 5) is 14.4. The Hall–Kier alpha value is -2.06. The lowest BCUT2D eigenvalue weighted by atomic mass is 10.2. The maximum atomic E-state index is 6.43. The summed E-state index contributed by atoms with van der Waals surface area (Å²) in [6.07, 6.45) is 0. The summed E-state index contributed by atoms with van der Waals surface area (Å²) in [6, 6.07) is 11.1. The van der Waals surface area contributed by atoms with E-state index >= 15 is 0 Å². The van der Waals surface area contributed by atoms with Gasteiger partial charge in [0.05, 0.1) is 23.3 Å². The van der Waals surface area contributed by atoms with E-state index in [9.17, 15) is 0 Å². The first-order valence-corrected chi connectivity index (χ1v) is 10.5. The van der Waals surface area contributed by atoms with Crippen molar-refractivity contribution in [3.05, 3.63) is 52.3 Å². The number of aromatic nitrogens is 3. The molecule has 9 heteroatoms. The van der Waals surface area contributed by atoms with E-state index in [1.165, 1.54) is 11.8 Å². The number of hydrogen-bond donors (Lipinski definition) is 0. The van der Waals surface area contributed by atoms with E-state index in [0.29, 0.717) is 64.6 Å². The van der Waals surface area contributed by atoms with Crippen LogP contribution in [0.2, 0.25) is 10.0 Å². The van der Waals surface area contributed by atoms with Crippen molar-refractivity contribution in [2.75, 3.05) is 26.4 Å². The fraction of sp³-hybridized carbons (Fsp3) is 0.250. The second-order valence-electron chi connectivity index (χ2n) is 6.14. The van der Waals surface area contributed by atoms with Crippen LogP contribution in [-0.4, -0.2) is 41.4 Å². The third kappa shape index (κ3) is 5.11. The van der Waals surface area contributed by atoms with Gasteiger partial charge in [-0.3, -0.25) is 0 Å². The molecule has 1 aromatic heterocycles. The van der Waals surface area contributed by atoms with Crippen LogP contribution in [0, 0.1) is 6.92 Å². The standard InChI is InChI=1S/C20H17Cl2N3O3S/c1-12-23-19-15-10-18(17(22)11-16(15)21)28-8-6-26-5-7-27-13-3-2-4-14(9-13)29-20(24-12)25-19/h2-4,9-11H,5-8H2,1H3. The van der Waals surface area contributed by atoms with Crippen LogP contribution in [-0.2, 0) is 4.74 Å². The van der Waals surface area contributed by atoms with Crippen molar-refractivity contribution in [2.24, 2.45) is 0 Å². The summed E-state index contributed by atoms with van der Waals surface area (Å²) >= 11 is 14.1. The molecule has 2 heterocycles. The predicted molar refractivity (Wildman–Crippen MR) is 112 cm³/mol. The zero-order valence-electron chi connectivity index (χ0n) is 15.5. The van der Waals surface area contributed by atoms with E-state index < -0.39 is 0 Å². The molecule has 1 aliphatic rings. The van der Waals surface area contributed by atoms with Crippen LogP contribution in [0.1, 0.15) is 5.82 Å². The molecular formula is C20H17Cl2N3O3S. The van der Waals surface area contributed by atoms with Gasteiger partial charge in [0.25, 0.3) is 0 Å². The Morgan fingerprint density at radius 1 is 0.897 bits per heavy atom. The van der Waals surface area contributed by atoms with Gasteiger partial charge >= 0.3 is 0 Å². The Bertz CT molecular complexity index is 1040. The highest BCUT2D eigenvalue weighted by molar-refractivity contribution is 7.99. The number of nitrogens with zero attached hydrogens (tertiary/aromatic N) is 3. The van der Waals surface area contributed by atoms with Crippen molar-refractivity contribution in [2.45, 2.75) is 17.0 Å². The molecule has 3 aromatic rings. The van der Waals surface area contributed by atoms with Crippen LogP contribution in [0.5, 0.6) is 11.5 Å². The number of hydrogen-bond acceptors (Lipinski definition) is 7. The smallest absolute Gasteiger partial charge is 0.196 e. The average molecular weight is 450 g/mol. The molecule has 0 radical (unpaired) electrons. The number of ether oxygens (including phenoxy) is 3. The van der Waals surface area contributed by atoms with Gasteiger partial charge in [-0.1, -0.05) is 29.3 Å². The lowest BCUT2D eigenvalue weighted by Gasteiger charge is -2.12. The third-order valence-corrected chi connectivity index (χ3v) is 5.45. The fourth-order valence-corrected chi connectivity index (χ4v) is 4.06. The highest BCUT2D eigenvalue weighted by Gasteiger charge is 2.15. The van der Waals surface area contributed by atoms with Gasteiger partial charge in [-0.2, -0.15) is 0 Å². The molecule has 0 aliphatic carbocycles. The van der Waals surface area contributed by atoms with Gasteiger partial charge in [-0.05, 0) is 49.0 Å². The molecule has 0 atom stereocenters. The van der Waals surface area contributed by atoms with E-state index in [1.807, 2.05) is 31.2 Å². The second-order valence-corrected chi connectivity index (χ2v) is 7.99. The van der Waals surface area contributed by atoms with Crippen LogP contribution in [0.25, 0.3) is 11.4 Å². The first-order valence-electron chi connectivity index (χ1n) is 8.92. The average Bonchev–Trinajstić information content (AvgIpc) is 2.68. The van der Waals surface area contributed by atoms with Crippen LogP contribution >= 0.6 is 35.0 Å². The predicted octanol–water partition coefficient (Wildman–Crippen LogP) is 5.09. The Morgan fingerprint density at radius 2 is 1.72 bits per heavy atom. The number of rotatable bonds is 0. The van der Waals surface area contributed by atoms with Gasteiger partial charge in [0.1, 0.15) is 30.5 Å². The number of fused-ring (bicyclic) bond motifs is 7. The maximum absolute atomic E-state index is 6.43. The van der Waals surface area contributed by atoms with Crippen molar-refractivity contribution < 1.29 is 14.2 Å². The Balaban J connectivity index is 1.77. The van der Waals surface area contributed by atoms with Crippen molar-refractivity contribution in [3.8, 4) is 22.9 Å². The summed E-state index contributed by atoms with van der Waals surface area (Å²) in [5.74, 6) is 2.30. The molecule has 0 spiro atoms. The molecule has 6 nitrogen and oxygen atoms in total. The molecule has 29 heavy (non-hydrogen) atoms. The highest BCUT2D eigenvalue weighted by Crippen LogP contribution is 2.36. The normalized spacial score (nSPS) is 14.4. The lowest BCUT2D eigenvalue weighted by Crippen LogP contribution is -2.12. The molecule has 0 fully saturated rings. The van der Waals surface area contributed by atoms with Crippen molar-refractivity contribution >= 4 is 35.0 Å². The first-order chi connectivity index (χ1) is 14.1. The zero-order chi connectivity index (χ0) is 20.2. The quantitative estimate of drug-likeness (QED) is 0.473. The Morgan fingerprint density at radius 3 is 2.59 bits per heavy atom. The van der Waals surface area contributed by atoms with Crippen molar-refractivity contribution in [3.63, 3.8) is 0 Å². The molecule has 2 aromatic carbocycles. The van der Waals surface area contributed by atoms with Crippen molar-refractivity contribution in [1.29, 1.82) is 0 Å². The molecule has 0 saturated carbocycles. The topological polar surface area (TPSA) is 66.4 Å². The summed E-state index contributed by atoms with van der Waals surface area (Å²) < 4.78 is 17.1. The third-order valence-electron chi connectivity index (χ3n) is 3.99. The molecule has 0 saturated heterocycles. The van der Waals surface area contributed by atoms with Gasteiger partial charge in [0.2, 0.25) is 0 Å². The SMILES string of the molecule is Cc1nc2nc(n1)-c1cc(c(Cl)cc1Cl)OCCOCCOc1cccc(c1)S2. The summed E-state index contributed by atoms with van der Waals surface area (Å²) in [5, 5.41) is 1.41. The summed E-state index contributed by atoms with van der Waals surface area (Å²) in [7, 11) is 0. The summed E-state index contributed by atoms with van der Waals surface area (Å²) in [5.41, 5.74) is 0.626. The zero-order valence-corrected chi connectivity index (χ0v) is 17.9. The molecule has 6 bridgehead atoms. The van der Waals surface area contributed by atoms with E-state index in [-0.39, 0.29) is 0 Å². The van der Waals surface area contributed by atoms with Crippen LogP contribution in [0.4, 0.5) is 0 Å². The molecule has 150 valence electrons. The van der Waals surface area contributed by atoms with E-state index in [2.05, 4.69) is 15.0 Å². The fourth-order valence-electron chi connectivity index (χ4n) is 2.70. The highest BCUT2D eigenvalue weighted by atomic mass is 35.5. The number of benzene rings is 2. The second kappa shape index (κ2) is 9.17. The largest absolute Gasteiger partial charge is 0.491 e. The van der Waals surface area contributed by atoms with Gasteiger partial charge in [0.15, 0.2) is 11.0 Å². The van der Waals surface area contributed by atoms with Gasteiger partial charge in [-0.15, -0.1) is 0 Å². The molecule has 4 rings (SSSR count). The van der Waals surface area contributed by atoms with Crippen LogP contribution in [0.15, 0.2) is 46.5 Å². The molecular weight excluding hydrogens is 433 g/mol. The minimum atomic E-state index is 0.341. The Labute approximate surface area is 182 Å². The van der Waals surface area contributed by atoms with Crippen LogP contribution < -0.4 is 9.47 Å². The lowest BCUT2D eigenvalue weighted by molar-refractivity contribution is 0.0764. The maximum Gasteiger partial charge on any atom is 0.196 e. The van der Waals surface area contributed by atoms with Gasteiger partial charge < -0.3 is 14.2 Å². The molecule has 0 unspecified atom stereocenters. The molecule has 0 N–H and O–H groups in total. The molecule has 0 amide bonds. The first kappa shape index (κ1) is 20.2. The van der Waals surface area contributed by atoms with E-state index in [0.717, 1.165) is 10.6 Å². The van der Waals surface area contributed by atoms with Crippen molar-refractivity contribution in [1.82, 2.24) is 15.0 Å². The van der Waals surface area contributed by atoms with Crippen LogP contribution in [0.3, 0.4) is 0 Å². The minimum Gasteiger partial charge on any atom is -0.491 e. The van der Waals surface area contributed by atoms with E-state index in [1.54, 1.807) is 12.1 Å². The molecule has 1 aliphatic heterocycles.